The Morgan fingerprint density at radius 1 is 0.590 bits per heavy atom. The second kappa shape index (κ2) is 20.8. The van der Waals surface area contributed by atoms with Crippen molar-refractivity contribution in [2.75, 3.05) is 13.2 Å². The Bertz CT molecular complexity index is 2130. The molecule has 0 amide bonds. The van der Waals surface area contributed by atoms with E-state index in [1.165, 1.54) is 36.4 Å². The molecule has 2 heterocycles. The van der Waals surface area contributed by atoms with Crippen LogP contribution in [0.25, 0.3) is 31.3 Å². The van der Waals surface area contributed by atoms with Gasteiger partial charge in [0, 0.05) is 14.7 Å². The molecule has 0 bridgehead atoms. The van der Waals surface area contributed by atoms with Crippen molar-refractivity contribution >= 4 is 17.9 Å². The highest BCUT2D eigenvalue weighted by Gasteiger charge is 2.56. The van der Waals surface area contributed by atoms with Crippen molar-refractivity contribution in [1.82, 2.24) is 0 Å². The summed E-state index contributed by atoms with van der Waals surface area (Å²) in [4.78, 5) is 48.5. The smallest absolute Gasteiger partial charge is 0.338 e. The predicted molar refractivity (Wildman–Crippen MR) is 204 cm³/mol. The normalized spacial score (nSPS) is 31.9. The van der Waals surface area contributed by atoms with Crippen molar-refractivity contribution in [3.63, 3.8) is 0 Å². The second-order valence-electron chi connectivity index (χ2n) is 13.9. The lowest BCUT2D eigenvalue weighted by atomic mass is 9.84. The fraction of sp³-hybridized carbons (Fsp3) is 0.447. The molecule has 3 fully saturated rings. The van der Waals surface area contributed by atoms with E-state index in [1.54, 1.807) is 54.6 Å². The Kier molecular flexibility index (Phi) is 15.1. The summed E-state index contributed by atoms with van der Waals surface area (Å²) in [6, 6.07) is 19.1. The molecule has 0 aromatic heterocycles. The van der Waals surface area contributed by atoms with E-state index in [4.69, 9.17) is 38.7 Å². The van der Waals surface area contributed by atoms with Crippen LogP contribution in [-0.2, 0) is 33.2 Å². The number of rotatable bonds is 15. The monoisotopic (exact) mass is 845 g/mol. The quantitative estimate of drug-likeness (QED) is 0.0562. The van der Waals surface area contributed by atoms with Crippen molar-refractivity contribution in [2.45, 2.75) is 92.1 Å². The number of benzene rings is 3. The average Bonchev–Trinajstić information content (AvgIpc) is 3.59. The number of carbonyl (C=O) groups excluding carboxylic acids is 3. The minimum absolute atomic E-state index is 0.0608. The van der Waals surface area contributed by atoms with Gasteiger partial charge in [0.05, 0.1) is 47.6 Å². The van der Waals surface area contributed by atoms with E-state index in [9.17, 15) is 45.9 Å². The van der Waals surface area contributed by atoms with E-state index in [-0.39, 0.29) is 23.1 Å². The first-order valence-electron chi connectivity index (χ1n) is 18.7. The van der Waals surface area contributed by atoms with Crippen LogP contribution in [0.15, 0.2) is 106 Å². The van der Waals surface area contributed by atoms with Crippen LogP contribution in [0.3, 0.4) is 0 Å². The Morgan fingerprint density at radius 3 is 1.62 bits per heavy atom. The fourth-order valence-corrected chi connectivity index (χ4v) is 7.07. The van der Waals surface area contributed by atoms with Gasteiger partial charge in [-0.3, -0.25) is 0 Å². The van der Waals surface area contributed by atoms with Gasteiger partial charge in [-0.1, -0.05) is 69.9 Å². The van der Waals surface area contributed by atoms with Gasteiger partial charge in [0.15, 0.2) is 24.8 Å². The number of esters is 3. The maximum atomic E-state index is 13.7. The Balaban J connectivity index is 1.35. The standard InChI is InChI=1S/C38H39N9O14/c39-45-42-22-16-23(43-46-40)30(29(51)27(22)49)60-37-26(44-47-41)32(28(50)24(17-48)56-37)61-38-33(59-36(54)21-14-8-3-9-15-21)31(58-35(53)20-12-6-2-7-13-20)25(57-38)18-55-34(52)19-10-4-1-5-11-19/h1-15,22-33,37-38,48-51H,16-18H2/t22-,23?,24?,25-,26?,27?,28-,29?,30-,31?,32?,33+,37-,38+/m1/s1. The number of nitrogens with zero attached hydrogens (tertiary/aromatic N) is 9. The van der Waals surface area contributed by atoms with Crippen molar-refractivity contribution in [3.8, 4) is 0 Å². The average molecular weight is 846 g/mol. The molecule has 6 rings (SSSR count). The zero-order valence-corrected chi connectivity index (χ0v) is 31.8. The molecule has 23 nitrogen and oxygen atoms in total. The third-order valence-corrected chi connectivity index (χ3v) is 10.1. The van der Waals surface area contributed by atoms with Crippen LogP contribution in [0.1, 0.15) is 37.5 Å². The summed E-state index contributed by atoms with van der Waals surface area (Å²) >= 11 is 0. The molecule has 1 aliphatic carbocycles. The highest BCUT2D eigenvalue weighted by molar-refractivity contribution is 5.91. The summed E-state index contributed by atoms with van der Waals surface area (Å²) in [5, 5.41) is 54.4. The van der Waals surface area contributed by atoms with Gasteiger partial charge in [-0.2, -0.15) is 0 Å². The number of hydrogen-bond donors (Lipinski definition) is 4. The van der Waals surface area contributed by atoms with E-state index in [0.29, 0.717) is 0 Å². The van der Waals surface area contributed by atoms with Crippen LogP contribution in [0.4, 0.5) is 0 Å². The summed E-state index contributed by atoms with van der Waals surface area (Å²) in [6.07, 6.45) is -19.1. The van der Waals surface area contributed by atoms with Crippen molar-refractivity contribution in [1.29, 1.82) is 0 Å². The van der Waals surface area contributed by atoms with Crippen LogP contribution in [0.5, 0.6) is 0 Å². The molecule has 7 unspecified atom stereocenters. The van der Waals surface area contributed by atoms with E-state index in [0.717, 1.165) is 0 Å². The molecule has 3 aromatic rings. The highest BCUT2D eigenvalue weighted by atomic mass is 16.8. The van der Waals surface area contributed by atoms with E-state index in [1.807, 2.05) is 0 Å². The second-order valence-corrected chi connectivity index (χ2v) is 13.9. The minimum Gasteiger partial charge on any atom is -0.459 e. The zero-order chi connectivity index (χ0) is 43.5. The Hall–Kier alpha value is -6.32. The molecule has 3 aromatic carbocycles. The van der Waals surface area contributed by atoms with Crippen LogP contribution in [-0.4, -0.2) is 137 Å². The number of ether oxygens (including phenoxy) is 7. The number of aliphatic hydroxyl groups is 4. The van der Waals surface area contributed by atoms with Gasteiger partial charge in [-0.15, -0.1) is 0 Å². The first-order valence-corrected chi connectivity index (χ1v) is 18.7. The Labute approximate surface area is 345 Å². The lowest BCUT2D eigenvalue weighted by molar-refractivity contribution is -0.317. The number of aliphatic hydroxyl groups excluding tert-OH is 4. The summed E-state index contributed by atoms with van der Waals surface area (Å²) in [5.74, 6) is -2.62. The first-order chi connectivity index (χ1) is 29.6. The van der Waals surface area contributed by atoms with Crippen molar-refractivity contribution in [3.05, 3.63) is 139 Å². The predicted octanol–water partition coefficient (Wildman–Crippen LogP) is 3.03. The van der Waals surface area contributed by atoms with Gasteiger partial charge in [0.1, 0.15) is 43.2 Å². The van der Waals surface area contributed by atoms with Gasteiger partial charge in [0.25, 0.3) is 0 Å². The summed E-state index contributed by atoms with van der Waals surface area (Å²) < 4.78 is 41.6. The molecule has 4 N–H and O–H groups in total. The Morgan fingerprint density at radius 2 is 1.08 bits per heavy atom. The van der Waals surface area contributed by atoms with Crippen LogP contribution < -0.4 is 0 Å². The molecule has 320 valence electrons. The maximum Gasteiger partial charge on any atom is 0.338 e. The molecule has 14 atom stereocenters. The third kappa shape index (κ3) is 10.4. The molecule has 2 aliphatic heterocycles. The van der Waals surface area contributed by atoms with Crippen LogP contribution >= 0.6 is 0 Å². The largest absolute Gasteiger partial charge is 0.459 e. The van der Waals surface area contributed by atoms with Gasteiger partial charge in [0.2, 0.25) is 0 Å². The maximum absolute atomic E-state index is 13.7. The molecular weight excluding hydrogens is 806 g/mol. The zero-order valence-electron chi connectivity index (χ0n) is 31.8. The van der Waals surface area contributed by atoms with Gasteiger partial charge in [-0.25, -0.2) is 14.4 Å². The van der Waals surface area contributed by atoms with Gasteiger partial charge >= 0.3 is 17.9 Å². The summed E-state index contributed by atoms with van der Waals surface area (Å²) in [5.41, 5.74) is 28.3. The number of carbonyl (C=O) groups is 3. The van der Waals surface area contributed by atoms with E-state index >= 15 is 0 Å². The summed E-state index contributed by atoms with van der Waals surface area (Å²) in [7, 11) is 0. The minimum atomic E-state index is -1.88. The van der Waals surface area contributed by atoms with Gasteiger partial charge < -0.3 is 53.6 Å². The topological polar surface area (TPSA) is 343 Å². The molecular formula is C38H39N9O14. The molecule has 61 heavy (non-hydrogen) atoms. The molecule has 1 saturated carbocycles. The SMILES string of the molecule is [N-]=[N+]=NC1C(O[C@@H]2O[C@H](COC(=O)c3ccccc3)C(OC(=O)c3ccccc3)[C@@H]2OC(=O)c2ccccc2)[C@H](O)C(CO)O[C@@H]1O[C@@H]1C(N=[N+]=[N-])C[C@@H](N=[N+]=[N-])C(O)C1O. The van der Waals surface area contributed by atoms with Gasteiger partial charge in [-0.05, 0) is 59.4 Å². The molecule has 0 spiro atoms. The van der Waals surface area contributed by atoms with Crippen LogP contribution in [0.2, 0.25) is 0 Å². The first kappa shape index (κ1) is 44.2. The van der Waals surface area contributed by atoms with Crippen molar-refractivity contribution < 1.29 is 68.0 Å². The van der Waals surface area contributed by atoms with Crippen molar-refractivity contribution in [2.24, 2.45) is 15.3 Å². The van der Waals surface area contributed by atoms with E-state index < -0.39 is 117 Å². The molecule has 23 heteroatoms. The fourth-order valence-electron chi connectivity index (χ4n) is 7.07. The van der Waals surface area contributed by atoms with E-state index in [2.05, 4.69) is 30.1 Å². The summed E-state index contributed by atoms with van der Waals surface area (Å²) in [6.45, 7) is -1.49. The van der Waals surface area contributed by atoms with Crippen LogP contribution in [0, 0.1) is 0 Å². The highest BCUT2D eigenvalue weighted by Crippen LogP contribution is 2.37. The lowest BCUT2D eigenvalue weighted by Crippen LogP contribution is -2.63. The number of hydrogen-bond acceptors (Lipinski definition) is 17. The molecule has 3 aliphatic rings. The third-order valence-electron chi connectivity index (χ3n) is 10.1. The molecule has 2 saturated heterocycles. The molecule has 0 radical (unpaired) electrons. The lowest BCUT2D eigenvalue weighted by Gasteiger charge is -2.46. The number of azide groups is 3.